The van der Waals surface area contributed by atoms with Gasteiger partial charge in [0.25, 0.3) is 0 Å². The monoisotopic (exact) mass is 329 g/mol. The molecule has 0 aliphatic carbocycles. The van der Waals surface area contributed by atoms with Crippen LogP contribution in [0.3, 0.4) is 0 Å². The number of aromatic nitrogens is 2. The van der Waals surface area contributed by atoms with Crippen LogP contribution in [-0.4, -0.2) is 59.9 Å². The zero-order valence-electron chi connectivity index (χ0n) is 13.4. The number of hydrogen-bond donors (Lipinski definition) is 1. The van der Waals surface area contributed by atoms with Crippen LogP contribution in [0, 0.1) is 0 Å². The third kappa shape index (κ3) is 4.37. The van der Waals surface area contributed by atoms with E-state index in [0.717, 1.165) is 36.9 Å². The summed E-state index contributed by atoms with van der Waals surface area (Å²) in [7, 11) is 2.15. The molecule has 0 saturated carbocycles. The SMILES string of the molecule is CSc1c(Cl)nc(NC(C)(C)C)nc1N1CCN(C)CC1. The average Bonchev–Trinajstić information content (AvgIpc) is 2.37. The first-order chi connectivity index (χ1) is 9.80. The van der Waals surface area contributed by atoms with Crippen molar-refractivity contribution in [2.75, 3.05) is 49.7 Å². The van der Waals surface area contributed by atoms with E-state index in [1.807, 2.05) is 6.26 Å². The van der Waals surface area contributed by atoms with Crippen LogP contribution in [0.5, 0.6) is 0 Å². The quantitative estimate of drug-likeness (QED) is 0.679. The Bertz CT molecular complexity index is 495. The van der Waals surface area contributed by atoms with E-state index in [1.54, 1.807) is 11.8 Å². The lowest BCUT2D eigenvalue weighted by molar-refractivity contribution is 0.311. The molecule has 1 aliphatic rings. The summed E-state index contributed by atoms with van der Waals surface area (Å²) in [5, 5.41) is 3.83. The van der Waals surface area contributed by atoms with Crippen LogP contribution in [0.1, 0.15) is 20.8 Å². The van der Waals surface area contributed by atoms with Crippen LogP contribution in [0.2, 0.25) is 5.15 Å². The van der Waals surface area contributed by atoms with E-state index in [0.29, 0.717) is 11.1 Å². The van der Waals surface area contributed by atoms with Crippen molar-refractivity contribution in [2.24, 2.45) is 0 Å². The van der Waals surface area contributed by atoms with E-state index in [4.69, 9.17) is 16.6 Å². The summed E-state index contributed by atoms with van der Waals surface area (Å²) in [4.78, 5) is 14.7. The third-order valence-corrected chi connectivity index (χ3v) is 4.47. The summed E-state index contributed by atoms with van der Waals surface area (Å²) in [5.41, 5.74) is -0.0937. The minimum atomic E-state index is -0.0937. The highest BCUT2D eigenvalue weighted by atomic mass is 35.5. The van der Waals surface area contributed by atoms with Crippen molar-refractivity contribution in [3.8, 4) is 0 Å². The van der Waals surface area contributed by atoms with Gasteiger partial charge in [-0.2, -0.15) is 9.97 Å². The molecule has 118 valence electrons. The Kier molecular flexibility index (Phi) is 5.22. The fourth-order valence-corrected chi connectivity index (χ4v) is 3.18. The molecule has 0 spiro atoms. The zero-order chi connectivity index (χ0) is 15.6. The van der Waals surface area contributed by atoms with Gasteiger partial charge in [0.2, 0.25) is 5.95 Å². The predicted molar refractivity (Wildman–Crippen MR) is 91.9 cm³/mol. The summed E-state index contributed by atoms with van der Waals surface area (Å²) >= 11 is 7.97. The van der Waals surface area contributed by atoms with Crippen molar-refractivity contribution >= 4 is 35.1 Å². The van der Waals surface area contributed by atoms with Gasteiger partial charge in [0.05, 0.1) is 4.90 Å². The van der Waals surface area contributed by atoms with Gasteiger partial charge < -0.3 is 15.1 Å². The average molecular weight is 330 g/mol. The summed E-state index contributed by atoms with van der Waals surface area (Å²) in [5.74, 6) is 1.54. The second kappa shape index (κ2) is 6.58. The lowest BCUT2D eigenvalue weighted by Gasteiger charge is -2.34. The second-order valence-electron chi connectivity index (χ2n) is 6.36. The molecule has 1 N–H and O–H groups in total. The molecule has 21 heavy (non-hydrogen) atoms. The second-order valence-corrected chi connectivity index (χ2v) is 7.53. The van der Waals surface area contributed by atoms with Crippen molar-refractivity contribution in [3.05, 3.63) is 5.15 Å². The fraction of sp³-hybridized carbons (Fsp3) is 0.714. The van der Waals surface area contributed by atoms with Gasteiger partial charge in [0, 0.05) is 31.7 Å². The highest BCUT2D eigenvalue weighted by molar-refractivity contribution is 7.98. The van der Waals surface area contributed by atoms with Crippen molar-refractivity contribution in [2.45, 2.75) is 31.2 Å². The maximum atomic E-state index is 6.36. The predicted octanol–water partition coefficient (Wildman–Crippen LogP) is 2.81. The third-order valence-electron chi connectivity index (χ3n) is 3.30. The highest BCUT2D eigenvalue weighted by Gasteiger charge is 2.22. The normalized spacial score (nSPS) is 17.1. The van der Waals surface area contributed by atoms with Gasteiger partial charge in [-0.25, -0.2) is 0 Å². The summed E-state index contributed by atoms with van der Waals surface area (Å²) in [6, 6.07) is 0. The lowest BCUT2D eigenvalue weighted by atomic mass is 10.1. The van der Waals surface area contributed by atoms with E-state index in [-0.39, 0.29) is 5.54 Å². The summed E-state index contributed by atoms with van der Waals surface area (Å²) in [6.07, 6.45) is 2.01. The van der Waals surface area contributed by atoms with Gasteiger partial charge in [-0.1, -0.05) is 11.6 Å². The molecule has 0 amide bonds. The Morgan fingerprint density at radius 2 is 1.76 bits per heavy atom. The number of halogens is 1. The van der Waals surface area contributed by atoms with Crippen LogP contribution in [-0.2, 0) is 0 Å². The van der Waals surface area contributed by atoms with Gasteiger partial charge in [-0.3, -0.25) is 0 Å². The molecule has 1 saturated heterocycles. The smallest absolute Gasteiger partial charge is 0.226 e. The van der Waals surface area contributed by atoms with E-state index in [9.17, 15) is 0 Å². The van der Waals surface area contributed by atoms with Crippen LogP contribution in [0.15, 0.2) is 4.90 Å². The Labute approximate surface area is 136 Å². The molecule has 2 rings (SSSR count). The van der Waals surface area contributed by atoms with E-state index in [1.165, 1.54) is 0 Å². The maximum absolute atomic E-state index is 6.36. The standard InChI is InChI=1S/C14H24ClN5S/c1-14(2,3)18-13-16-11(15)10(21-5)12(17-13)20-8-6-19(4)7-9-20/h6-9H2,1-5H3,(H,16,17,18). The lowest BCUT2D eigenvalue weighted by Crippen LogP contribution is -2.45. The number of nitrogens with one attached hydrogen (secondary N) is 1. The molecule has 0 aromatic carbocycles. The van der Waals surface area contributed by atoms with Gasteiger partial charge >= 0.3 is 0 Å². The zero-order valence-corrected chi connectivity index (χ0v) is 15.0. The first-order valence-electron chi connectivity index (χ1n) is 7.13. The molecular formula is C14H24ClN5S. The number of piperazine rings is 1. The van der Waals surface area contributed by atoms with Gasteiger partial charge in [-0.05, 0) is 34.1 Å². The Hall–Kier alpha value is -0.720. The highest BCUT2D eigenvalue weighted by Crippen LogP contribution is 2.34. The minimum Gasteiger partial charge on any atom is -0.353 e. The molecule has 1 fully saturated rings. The van der Waals surface area contributed by atoms with Crippen LogP contribution in [0.25, 0.3) is 0 Å². The number of rotatable bonds is 3. The van der Waals surface area contributed by atoms with Crippen molar-refractivity contribution in [1.29, 1.82) is 0 Å². The number of thioether (sulfide) groups is 1. The Morgan fingerprint density at radius 1 is 1.14 bits per heavy atom. The van der Waals surface area contributed by atoms with Crippen LogP contribution >= 0.6 is 23.4 Å². The molecule has 1 aromatic heterocycles. The molecule has 0 atom stereocenters. The maximum Gasteiger partial charge on any atom is 0.226 e. The molecule has 7 heteroatoms. The Morgan fingerprint density at radius 3 is 2.29 bits per heavy atom. The van der Waals surface area contributed by atoms with Gasteiger partial charge in [0.1, 0.15) is 11.0 Å². The molecule has 1 aromatic rings. The summed E-state index contributed by atoms with van der Waals surface area (Å²) < 4.78 is 0. The molecule has 0 unspecified atom stereocenters. The van der Waals surface area contributed by atoms with Gasteiger partial charge in [-0.15, -0.1) is 11.8 Å². The van der Waals surface area contributed by atoms with E-state index < -0.39 is 0 Å². The molecule has 5 nitrogen and oxygen atoms in total. The number of nitrogens with zero attached hydrogens (tertiary/aromatic N) is 4. The number of anilines is 2. The molecular weight excluding hydrogens is 306 g/mol. The van der Waals surface area contributed by atoms with Crippen molar-refractivity contribution in [3.63, 3.8) is 0 Å². The van der Waals surface area contributed by atoms with Crippen molar-refractivity contribution in [1.82, 2.24) is 14.9 Å². The topological polar surface area (TPSA) is 44.3 Å². The first-order valence-corrected chi connectivity index (χ1v) is 8.73. The van der Waals surface area contributed by atoms with E-state index in [2.05, 4.69) is 47.9 Å². The molecule has 0 radical (unpaired) electrons. The number of hydrogen-bond acceptors (Lipinski definition) is 6. The van der Waals surface area contributed by atoms with Crippen LogP contribution < -0.4 is 10.2 Å². The molecule has 1 aliphatic heterocycles. The largest absolute Gasteiger partial charge is 0.353 e. The molecule has 0 bridgehead atoms. The minimum absolute atomic E-state index is 0.0937. The fourth-order valence-electron chi connectivity index (χ4n) is 2.21. The Balaban J connectivity index is 2.33. The molecule has 2 heterocycles. The van der Waals surface area contributed by atoms with Crippen molar-refractivity contribution < 1.29 is 0 Å². The first kappa shape index (κ1) is 16.6. The number of likely N-dealkylation sites (N-methyl/N-ethyl adjacent to an activating group) is 1. The van der Waals surface area contributed by atoms with Crippen LogP contribution in [0.4, 0.5) is 11.8 Å². The summed E-state index contributed by atoms with van der Waals surface area (Å²) in [6.45, 7) is 10.3. The van der Waals surface area contributed by atoms with E-state index >= 15 is 0 Å². The van der Waals surface area contributed by atoms with Gasteiger partial charge in [0.15, 0.2) is 0 Å².